The maximum atomic E-state index is 13.4. The van der Waals surface area contributed by atoms with Crippen LogP contribution < -0.4 is 0 Å². The number of Topliss-reactive ketones (excluding diaryl/α,β-unsaturated/α-hetero) is 1. The number of rotatable bonds is 5. The van der Waals surface area contributed by atoms with Crippen molar-refractivity contribution in [3.05, 3.63) is 64.4 Å². The van der Waals surface area contributed by atoms with Gasteiger partial charge in [-0.1, -0.05) is 47.1 Å². The first-order chi connectivity index (χ1) is 15.3. The van der Waals surface area contributed by atoms with Gasteiger partial charge in [-0.05, 0) is 31.5 Å². The van der Waals surface area contributed by atoms with Gasteiger partial charge in [-0.25, -0.2) is 4.79 Å². The van der Waals surface area contributed by atoms with Crippen molar-refractivity contribution in [2.24, 2.45) is 0 Å². The molecule has 1 aromatic heterocycles. The second-order valence-corrected chi connectivity index (χ2v) is 8.47. The summed E-state index contributed by atoms with van der Waals surface area (Å²) in [5.74, 6) is -3.61. The molecule has 3 aromatic rings. The number of halogens is 1. The minimum absolute atomic E-state index is 0.0724. The van der Waals surface area contributed by atoms with E-state index in [1.807, 2.05) is 25.1 Å². The number of hydrogen-bond donors (Lipinski definition) is 1. The van der Waals surface area contributed by atoms with Crippen molar-refractivity contribution >= 4 is 40.2 Å². The number of nitrogens with zero attached hydrogens (tertiary/aromatic N) is 3. The predicted molar refractivity (Wildman–Crippen MR) is 118 cm³/mol. The highest BCUT2D eigenvalue weighted by atomic mass is 35.5. The third-order valence-corrected chi connectivity index (χ3v) is 6.11. The van der Waals surface area contributed by atoms with E-state index in [9.17, 15) is 14.4 Å². The zero-order chi connectivity index (χ0) is 23.0. The van der Waals surface area contributed by atoms with Crippen LogP contribution in [0.3, 0.4) is 0 Å². The Morgan fingerprint density at radius 1 is 1.12 bits per heavy atom. The van der Waals surface area contributed by atoms with Gasteiger partial charge < -0.3 is 14.5 Å². The maximum Gasteiger partial charge on any atom is 0.380 e. The van der Waals surface area contributed by atoms with Gasteiger partial charge in [0, 0.05) is 31.7 Å². The van der Waals surface area contributed by atoms with Crippen LogP contribution >= 0.6 is 11.6 Å². The summed E-state index contributed by atoms with van der Waals surface area (Å²) in [6.45, 7) is 6.04. The number of fused-ring (bicyclic) bond motifs is 1. The van der Waals surface area contributed by atoms with E-state index in [-0.39, 0.29) is 39.5 Å². The summed E-state index contributed by atoms with van der Waals surface area (Å²) >= 11 is 6.35. The number of carbonyl (C=O) groups is 3. The molecule has 0 bridgehead atoms. The van der Waals surface area contributed by atoms with Gasteiger partial charge in [0.2, 0.25) is 5.76 Å². The molecule has 2 atom stereocenters. The summed E-state index contributed by atoms with van der Waals surface area (Å²) in [4.78, 5) is 40.5. The highest BCUT2D eigenvalue weighted by molar-refractivity contribution is 6.41. The van der Waals surface area contributed by atoms with E-state index >= 15 is 0 Å². The van der Waals surface area contributed by atoms with Gasteiger partial charge >= 0.3 is 11.8 Å². The average Bonchev–Trinajstić information content (AvgIpc) is 3.17. The summed E-state index contributed by atoms with van der Waals surface area (Å²) in [5, 5.41) is 13.0. The summed E-state index contributed by atoms with van der Waals surface area (Å²) in [6, 6.07) is 13.0. The molecular formula is C23H22ClN3O5. The van der Waals surface area contributed by atoms with Crippen LogP contribution in [0.2, 0.25) is 5.02 Å². The minimum Gasteiger partial charge on any atom is -0.475 e. The molecule has 1 N–H and O–H groups in total. The molecule has 2 aromatic carbocycles. The fraction of sp³-hybridized carbons (Fsp3) is 0.304. The van der Waals surface area contributed by atoms with E-state index in [4.69, 9.17) is 21.2 Å². The first kappa shape index (κ1) is 22.0. The molecule has 4 rings (SSSR count). The molecular weight excluding hydrogens is 434 g/mol. The molecule has 166 valence electrons. The first-order valence-electron chi connectivity index (χ1n) is 10.2. The molecule has 32 heavy (non-hydrogen) atoms. The van der Waals surface area contributed by atoms with Crippen LogP contribution in [0.5, 0.6) is 0 Å². The Hall–Kier alpha value is -3.23. The van der Waals surface area contributed by atoms with E-state index < -0.39 is 17.5 Å². The van der Waals surface area contributed by atoms with E-state index in [1.165, 1.54) is 17.7 Å². The lowest BCUT2D eigenvalue weighted by molar-refractivity contribution is -0.132. The number of aromatic nitrogens is 1. The minimum atomic E-state index is -1.66. The van der Waals surface area contributed by atoms with Crippen LogP contribution in [-0.2, 0) is 11.3 Å². The van der Waals surface area contributed by atoms with E-state index in [0.29, 0.717) is 13.1 Å². The Labute approximate surface area is 189 Å². The summed E-state index contributed by atoms with van der Waals surface area (Å²) < 4.78 is 4.91. The molecule has 0 aliphatic carbocycles. The monoisotopic (exact) mass is 455 g/mol. The predicted octanol–water partition coefficient (Wildman–Crippen LogP) is 3.48. The zero-order valence-electron chi connectivity index (χ0n) is 17.6. The van der Waals surface area contributed by atoms with Crippen molar-refractivity contribution in [2.75, 3.05) is 13.1 Å². The van der Waals surface area contributed by atoms with Crippen molar-refractivity contribution in [3.63, 3.8) is 0 Å². The number of carboxylic acids is 1. The number of carbonyl (C=O) groups excluding carboxylic acids is 2. The Balaban J connectivity index is 1.59. The molecule has 0 saturated carbocycles. The Bertz CT molecular complexity index is 1190. The average molecular weight is 456 g/mol. The third kappa shape index (κ3) is 4.11. The Morgan fingerprint density at radius 2 is 1.84 bits per heavy atom. The van der Waals surface area contributed by atoms with Gasteiger partial charge in [0.05, 0.1) is 16.0 Å². The van der Waals surface area contributed by atoms with Gasteiger partial charge in [-0.2, -0.15) is 0 Å². The number of carboxylic acid groups (broad SMARTS) is 1. The molecule has 8 nitrogen and oxygen atoms in total. The largest absolute Gasteiger partial charge is 0.475 e. The smallest absolute Gasteiger partial charge is 0.380 e. The molecule has 1 amide bonds. The van der Waals surface area contributed by atoms with Gasteiger partial charge in [-0.15, -0.1) is 0 Å². The molecule has 1 saturated heterocycles. The third-order valence-electron chi connectivity index (χ3n) is 5.80. The van der Waals surface area contributed by atoms with Crippen LogP contribution in [0.15, 0.2) is 47.0 Å². The summed E-state index contributed by atoms with van der Waals surface area (Å²) in [6.07, 6.45) is 0. The van der Waals surface area contributed by atoms with E-state index in [2.05, 4.69) is 29.1 Å². The highest BCUT2D eigenvalue weighted by Gasteiger charge is 2.34. The number of piperazine rings is 1. The fourth-order valence-corrected chi connectivity index (χ4v) is 4.30. The second kappa shape index (κ2) is 8.72. The Morgan fingerprint density at radius 3 is 2.53 bits per heavy atom. The maximum absolute atomic E-state index is 13.4. The number of amides is 1. The van der Waals surface area contributed by atoms with Crippen LogP contribution in [0.25, 0.3) is 10.9 Å². The quantitative estimate of drug-likeness (QED) is 0.464. The van der Waals surface area contributed by atoms with Crippen molar-refractivity contribution < 1.29 is 24.0 Å². The number of benzene rings is 2. The number of hydrogen-bond acceptors (Lipinski definition) is 6. The van der Waals surface area contributed by atoms with Crippen LogP contribution in [0.1, 0.15) is 40.3 Å². The topological polar surface area (TPSA) is 104 Å². The zero-order valence-corrected chi connectivity index (χ0v) is 18.4. The molecule has 0 unspecified atom stereocenters. The number of ketones is 1. The van der Waals surface area contributed by atoms with Gasteiger partial charge in [-0.3, -0.25) is 14.5 Å². The molecule has 0 spiro atoms. The summed E-state index contributed by atoms with van der Waals surface area (Å²) in [5.41, 5.74) is 1.60. The highest BCUT2D eigenvalue weighted by Crippen LogP contribution is 2.29. The van der Waals surface area contributed by atoms with E-state index in [1.54, 1.807) is 4.90 Å². The second-order valence-electron chi connectivity index (χ2n) is 8.07. The lowest BCUT2D eigenvalue weighted by Crippen LogP contribution is -2.57. The summed E-state index contributed by atoms with van der Waals surface area (Å²) in [7, 11) is 0. The van der Waals surface area contributed by atoms with Crippen molar-refractivity contribution in [1.29, 1.82) is 0 Å². The van der Waals surface area contributed by atoms with Crippen molar-refractivity contribution in [3.8, 4) is 0 Å². The standard InChI is InChI=1S/C23H22ClN3O5/c1-13-11-27(14(2)10-26(13)12-15-6-4-3-5-7-15)22(29)16-8-17-19(9-18(16)24)25-32-21(17)20(28)23(30)31/h3-9,13-14H,10-12H2,1-2H3,(H,30,31)/t13-,14+/m0/s1. The SMILES string of the molecule is C[C@@H]1CN(Cc2ccccc2)[C@@H](C)CN1C(=O)c1cc2c(C(=O)C(=O)O)onc2cc1Cl. The van der Waals surface area contributed by atoms with Crippen LogP contribution in [0.4, 0.5) is 0 Å². The van der Waals surface area contributed by atoms with Crippen molar-refractivity contribution in [1.82, 2.24) is 15.0 Å². The molecule has 9 heteroatoms. The normalized spacial score (nSPS) is 19.3. The van der Waals surface area contributed by atoms with Crippen LogP contribution in [-0.4, -0.2) is 62.9 Å². The lowest BCUT2D eigenvalue weighted by atomic mass is 10.0. The molecule has 1 aliphatic heterocycles. The molecule has 0 radical (unpaired) electrons. The van der Waals surface area contributed by atoms with Crippen molar-refractivity contribution in [2.45, 2.75) is 32.5 Å². The van der Waals surface area contributed by atoms with E-state index in [0.717, 1.165) is 6.54 Å². The van der Waals surface area contributed by atoms with Gasteiger partial charge in [0.1, 0.15) is 5.52 Å². The molecule has 1 aliphatic rings. The lowest BCUT2D eigenvalue weighted by Gasteiger charge is -2.44. The van der Waals surface area contributed by atoms with Gasteiger partial charge in [0.25, 0.3) is 5.91 Å². The molecule has 2 heterocycles. The van der Waals surface area contributed by atoms with Gasteiger partial charge in [0.15, 0.2) is 0 Å². The first-order valence-corrected chi connectivity index (χ1v) is 10.6. The fourth-order valence-electron chi connectivity index (χ4n) is 4.06. The van der Waals surface area contributed by atoms with Crippen LogP contribution in [0, 0.1) is 0 Å². The number of aliphatic carboxylic acids is 1. The molecule has 1 fully saturated rings. The Kier molecular flexibility index (Phi) is 5.99.